The summed E-state index contributed by atoms with van der Waals surface area (Å²) in [5, 5.41) is 13.5. The molecule has 0 aromatic rings. The van der Waals surface area contributed by atoms with Gasteiger partial charge in [0.2, 0.25) is 0 Å². The lowest BCUT2D eigenvalue weighted by Gasteiger charge is -2.27. The number of nitrogens with one attached hydrogen (secondary N) is 1. The van der Waals surface area contributed by atoms with Gasteiger partial charge in [-0.2, -0.15) is 0 Å². The SMILES string of the molecule is CCCCCC(C)NCC(O)(CC)CC. The Kier molecular flexibility index (Phi) is 8.07. The van der Waals surface area contributed by atoms with Crippen LogP contribution in [-0.2, 0) is 0 Å². The Morgan fingerprint density at radius 2 is 1.73 bits per heavy atom. The number of hydrogen-bond donors (Lipinski definition) is 2. The van der Waals surface area contributed by atoms with Crippen molar-refractivity contribution in [1.82, 2.24) is 5.32 Å². The average molecular weight is 215 g/mol. The van der Waals surface area contributed by atoms with E-state index in [2.05, 4.69) is 19.2 Å². The van der Waals surface area contributed by atoms with Gasteiger partial charge in [0.15, 0.2) is 0 Å². The molecule has 0 aliphatic rings. The Balaban J connectivity index is 3.64. The van der Waals surface area contributed by atoms with Crippen LogP contribution in [0.25, 0.3) is 0 Å². The fraction of sp³-hybridized carbons (Fsp3) is 1.00. The largest absolute Gasteiger partial charge is 0.389 e. The summed E-state index contributed by atoms with van der Waals surface area (Å²) in [4.78, 5) is 0. The van der Waals surface area contributed by atoms with Crippen molar-refractivity contribution < 1.29 is 5.11 Å². The molecule has 15 heavy (non-hydrogen) atoms. The van der Waals surface area contributed by atoms with Crippen LogP contribution in [-0.4, -0.2) is 23.3 Å². The maximum Gasteiger partial charge on any atom is 0.0766 e. The zero-order chi connectivity index (χ0) is 11.7. The highest BCUT2D eigenvalue weighted by Gasteiger charge is 2.21. The smallest absolute Gasteiger partial charge is 0.0766 e. The summed E-state index contributed by atoms with van der Waals surface area (Å²) in [6.45, 7) is 9.26. The molecule has 2 N–H and O–H groups in total. The highest BCUT2D eigenvalue weighted by Crippen LogP contribution is 2.13. The van der Waals surface area contributed by atoms with Crippen LogP contribution in [0.3, 0.4) is 0 Å². The zero-order valence-corrected chi connectivity index (χ0v) is 11.0. The van der Waals surface area contributed by atoms with Gasteiger partial charge in [0.05, 0.1) is 5.60 Å². The van der Waals surface area contributed by atoms with Crippen LogP contribution < -0.4 is 5.32 Å². The third kappa shape index (κ3) is 6.91. The number of hydrogen-bond acceptors (Lipinski definition) is 2. The fourth-order valence-corrected chi connectivity index (χ4v) is 1.67. The molecule has 1 atom stereocenters. The molecule has 0 aliphatic carbocycles. The Morgan fingerprint density at radius 3 is 2.20 bits per heavy atom. The second-order valence-corrected chi connectivity index (χ2v) is 4.71. The van der Waals surface area contributed by atoms with Crippen molar-refractivity contribution in [1.29, 1.82) is 0 Å². The fourth-order valence-electron chi connectivity index (χ4n) is 1.67. The maximum atomic E-state index is 10.1. The first-order chi connectivity index (χ1) is 7.08. The Labute approximate surface area is 95.5 Å². The average Bonchev–Trinajstić information content (AvgIpc) is 2.26. The van der Waals surface area contributed by atoms with Crippen molar-refractivity contribution in [2.45, 2.75) is 77.9 Å². The molecule has 0 aromatic heterocycles. The van der Waals surface area contributed by atoms with Gasteiger partial charge in [-0.3, -0.25) is 0 Å². The zero-order valence-electron chi connectivity index (χ0n) is 11.0. The highest BCUT2D eigenvalue weighted by atomic mass is 16.3. The van der Waals surface area contributed by atoms with Gasteiger partial charge in [0.25, 0.3) is 0 Å². The van der Waals surface area contributed by atoms with Crippen LogP contribution in [0.15, 0.2) is 0 Å². The van der Waals surface area contributed by atoms with Gasteiger partial charge in [-0.25, -0.2) is 0 Å². The molecular formula is C13H29NO. The van der Waals surface area contributed by atoms with Gasteiger partial charge in [0.1, 0.15) is 0 Å². The van der Waals surface area contributed by atoms with Gasteiger partial charge in [0, 0.05) is 12.6 Å². The van der Waals surface area contributed by atoms with Gasteiger partial charge in [-0.15, -0.1) is 0 Å². The minimum atomic E-state index is -0.501. The monoisotopic (exact) mass is 215 g/mol. The van der Waals surface area contributed by atoms with Crippen LogP contribution >= 0.6 is 0 Å². The van der Waals surface area contributed by atoms with Crippen LogP contribution in [0.2, 0.25) is 0 Å². The predicted molar refractivity (Wildman–Crippen MR) is 67.1 cm³/mol. The molecule has 0 aliphatic heterocycles. The quantitative estimate of drug-likeness (QED) is 0.579. The molecule has 0 saturated heterocycles. The Bertz CT molecular complexity index is 143. The first-order valence-corrected chi connectivity index (χ1v) is 6.53. The molecule has 0 aromatic carbocycles. The van der Waals surface area contributed by atoms with Gasteiger partial charge >= 0.3 is 0 Å². The van der Waals surface area contributed by atoms with E-state index in [1.54, 1.807) is 0 Å². The van der Waals surface area contributed by atoms with E-state index in [4.69, 9.17) is 0 Å². The number of rotatable bonds is 9. The van der Waals surface area contributed by atoms with Crippen molar-refractivity contribution in [3.05, 3.63) is 0 Å². The summed E-state index contributed by atoms with van der Waals surface area (Å²) in [7, 11) is 0. The molecule has 0 rings (SSSR count). The molecule has 0 spiro atoms. The van der Waals surface area contributed by atoms with E-state index < -0.39 is 5.60 Å². The molecule has 0 radical (unpaired) electrons. The van der Waals surface area contributed by atoms with Gasteiger partial charge < -0.3 is 10.4 Å². The lowest BCUT2D eigenvalue weighted by molar-refractivity contribution is 0.0300. The molecule has 0 fully saturated rings. The first kappa shape index (κ1) is 14.9. The van der Waals surface area contributed by atoms with E-state index in [0.717, 1.165) is 19.4 Å². The molecular weight excluding hydrogens is 186 g/mol. The predicted octanol–water partition coefficient (Wildman–Crippen LogP) is 3.10. The van der Waals surface area contributed by atoms with Crippen molar-refractivity contribution in [3.8, 4) is 0 Å². The van der Waals surface area contributed by atoms with Crippen LogP contribution in [0, 0.1) is 0 Å². The van der Waals surface area contributed by atoms with Crippen molar-refractivity contribution in [2.24, 2.45) is 0 Å². The van der Waals surface area contributed by atoms with E-state index in [9.17, 15) is 5.11 Å². The summed E-state index contributed by atoms with van der Waals surface area (Å²) < 4.78 is 0. The lowest BCUT2D eigenvalue weighted by Crippen LogP contribution is -2.42. The van der Waals surface area contributed by atoms with E-state index in [-0.39, 0.29) is 0 Å². The summed E-state index contributed by atoms with van der Waals surface area (Å²) in [5.74, 6) is 0. The second-order valence-electron chi connectivity index (χ2n) is 4.71. The van der Waals surface area contributed by atoms with Crippen LogP contribution in [0.1, 0.15) is 66.2 Å². The molecule has 1 unspecified atom stereocenters. The van der Waals surface area contributed by atoms with E-state index in [0.29, 0.717) is 6.04 Å². The lowest BCUT2D eigenvalue weighted by atomic mass is 9.97. The summed E-state index contributed by atoms with van der Waals surface area (Å²) in [6.07, 6.45) is 6.77. The van der Waals surface area contributed by atoms with Crippen LogP contribution in [0.5, 0.6) is 0 Å². The topological polar surface area (TPSA) is 32.3 Å². The molecule has 0 bridgehead atoms. The second kappa shape index (κ2) is 8.12. The normalized spacial score (nSPS) is 14.2. The van der Waals surface area contributed by atoms with Gasteiger partial charge in [-0.1, -0.05) is 40.0 Å². The van der Waals surface area contributed by atoms with E-state index >= 15 is 0 Å². The van der Waals surface area contributed by atoms with E-state index in [1.807, 2.05) is 13.8 Å². The molecule has 92 valence electrons. The summed E-state index contributed by atoms with van der Waals surface area (Å²) in [6, 6.07) is 0.529. The Morgan fingerprint density at radius 1 is 1.13 bits per heavy atom. The molecule has 0 saturated carbocycles. The number of unbranched alkanes of at least 4 members (excludes halogenated alkanes) is 2. The summed E-state index contributed by atoms with van der Waals surface area (Å²) >= 11 is 0. The minimum absolute atomic E-state index is 0.501. The standard InChI is InChI=1S/C13H29NO/c1-5-8-9-10-12(4)14-11-13(15,6-2)7-3/h12,14-15H,5-11H2,1-4H3. The van der Waals surface area contributed by atoms with Crippen molar-refractivity contribution in [3.63, 3.8) is 0 Å². The molecule has 0 amide bonds. The van der Waals surface area contributed by atoms with Gasteiger partial charge in [-0.05, 0) is 26.2 Å². The molecule has 2 nitrogen and oxygen atoms in total. The third-order valence-electron chi connectivity index (χ3n) is 3.34. The summed E-state index contributed by atoms with van der Waals surface area (Å²) in [5.41, 5.74) is -0.501. The Hall–Kier alpha value is -0.0800. The van der Waals surface area contributed by atoms with Crippen molar-refractivity contribution >= 4 is 0 Å². The maximum absolute atomic E-state index is 10.1. The number of aliphatic hydroxyl groups is 1. The molecule has 0 heterocycles. The van der Waals surface area contributed by atoms with Crippen LogP contribution in [0.4, 0.5) is 0 Å². The van der Waals surface area contributed by atoms with E-state index in [1.165, 1.54) is 25.7 Å². The highest BCUT2D eigenvalue weighted by molar-refractivity contribution is 4.79. The minimum Gasteiger partial charge on any atom is -0.389 e. The first-order valence-electron chi connectivity index (χ1n) is 6.53. The third-order valence-corrected chi connectivity index (χ3v) is 3.34. The molecule has 2 heteroatoms. The van der Waals surface area contributed by atoms with Crippen molar-refractivity contribution in [2.75, 3.05) is 6.54 Å².